The van der Waals surface area contributed by atoms with E-state index >= 15 is 0 Å². The van der Waals surface area contributed by atoms with Crippen molar-refractivity contribution in [1.82, 2.24) is 10.6 Å². The summed E-state index contributed by atoms with van der Waals surface area (Å²) in [7, 11) is 0. The summed E-state index contributed by atoms with van der Waals surface area (Å²) in [6.45, 7) is 0.689. The van der Waals surface area contributed by atoms with Crippen molar-refractivity contribution >= 4 is 12.0 Å². The van der Waals surface area contributed by atoms with E-state index in [2.05, 4.69) is 10.6 Å². The number of unbranched alkanes of at least 4 members (excludes halogenated alkanes) is 2. The van der Waals surface area contributed by atoms with E-state index in [0.29, 0.717) is 6.54 Å². The minimum absolute atomic E-state index is 0.0783. The average molecular weight is 296 g/mol. The number of rotatable bonds is 9. The fourth-order valence-electron chi connectivity index (χ4n) is 1.83. The lowest BCUT2D eigenvalue weighted by Gasteiger charge is -2.06. The van der Waals surface area contributed by atoms with Crippen LogP contribution < -0.4 is 10.6 Å². The Morgan fingerprint density at radius 3 is 2.33 bits per heavy atom. The molecule has 5 nitrogen and oxygen atoms in total. The zero-order chi connectivity index (χ0) is 15.5. The number of amides is 2. The van der Waals surface area contributed by atoms with Crippen LogP contribution in [0.1, 0.15) is 31.2 Å². The third-order valence-corrected chi connectivity index (χ3v) is 2.97. The molecule has 0 aromatic heterocycles. The molecule has 1 rings (SSSR count). The largest absolute Gasteiger partial charge is 0.481 e. The van der Waals surface area contributed by atoms with E-state index in [1.54, 1.807) is 12.1 Å². The van der Waals surface area contributed by atoms with Gasteiger partial charge >= 0.3 is 12.0 Å². The number of aliphatic carboxylic acids is 1. The molecule has 1 aromatic carbocycles. The Bertz CT molecular complexity index is 449. The number of benzene rings is 1. The number of carbonyl (C=O) groups is 2. The molecule has 0 fully saturated rings. The van der Waals surface area contributed by atoms with Gasteiger partial charge < -0.3 is 15.7 Å². The Labute approximate surface area is 123 Å². The van der Waals surface area contributed by atoms with Crippen molar-refractivity contribution in [2.45, 2.75) is 32.1 Å². The number of urea groups is 1. The van der Waals surface area contributed by atoms with Gasteiger partial charge in [-0.1, -0.05) is 18.6 Å². The SMILES string of the molecule is O=C(O)CCNC(=O)NCCCCCc1ccc(F)cc1. The molecule has 0 radical (unpaired) electrons. The van der Waals surface area contributed by atoms with E-state index in [1.165, 1.54) is 12.1 Å². The highest BCUT2D eigenvalue weighted by Gasteiger charge is 2.01. The molecule has 2 amide bonds. The summed E-state index contributed by atoms with van der Waals surface area (Å²) in [4.78, 5) is 21.5. The fourth-order valence-corrected chi connectivity index (χ4v) is 1.83. The summed E-state index contributed by atoms with van der Waals surface area (Å²) in [6, 6.07) is 6.14. The van der Waals surface area contributed by atoms with Crippen molar-refractivity contribution in [3.8, 4) is 0 Å². The lowest BCUT2D eigenvalue weighted by atomic mass is 10.1. The number of carboxylic acid groups (broad SMARTS) is 1. The summed E-state index contributed by atoms with van der Waals surface area (Å²) in [5.41, 5.74) is 1.11. The monoisotopic (exact) mass is 296 g/mol. The number of halogens is 1. The van der Waals surface area contributed by atoms with Crippen LogP contribution in [-0.2, 0) is 11.2 Å². The number of aryl methyl sites for hydroxylation is 1. The second kappa shape index (κ2) is 9.74. The topological polar surface area (TPSA) is 78.4 Å². The van der Waals surface area contributed by atoms with Gasteiger partial charge in [-0.05, 0) is 37.0 Å². The summed E-state index contributed by atoms with van der Waals surface area (Å²) in [5.74, 6) is -1.16. The van der Waals surface area contributed by atoms with Crippen molar-refractivity contribution in [3.05, 3.63) is 35.6 Å². The van der Waals surface area contributed by atoms with Gasteiger partial charge in [-0.3, -0.25) is 4.79 Å². The van der Waals surface area contributed by atoms with Crippen LogP contribution in [0.15, 0.2) is 24.3 Å². The molecule has 0 saturated carbocycles. The zero-order valence-electron chi connectivity index (χ0n) is 11.9. The first kappa shape index (κ1) is 16.9. The number of carbonyl (C=O) groups excluding carboxylic acids is 1. The van der Waals surface area contributed by atoms with Crippen LogP contribution in [-0.4, -0.2) is 30.2 Å². The van der Waals surface area contributed by atoms with Crippen LogP contribution in [0.25, 0.3) is 0 Å². The third kappa shape index (κ3) is 8.62. The molecule has 1 aromatic rings. The van der Waals surface area contributed by atoms with E-state index in [4.69, 9.17) is 5.11 Å². The third-order valence-electron chi connectivity index (χ3n) is 2.97. The van der Waals surface area contributed by atoms with Crippen LogP contribution in [0.3, 0.4) is 0 Å². The highest BCUT2D eigenvalue weighted by Crippen LogP contribution is 2.07. The van der Waals surface area contributed by atoms with Gasteiger partial charge in [0.2, 0.25) is 0 Å². The maximum Gasteiger partial charge on any atom is 0.314 e. The summed E-state index contributed by atoms with van der Waals surface area (Å²) < 4.78 is 12.7. The van der Waals surface area contributed by atoms with Crippen LogP contribution in [0, 0.1) is 5.82 Å². The van der Waals surface area contributed by atoms with Crippen LogP contribution >= 0.6 is 0 Å². The quantitative estimate of drug-likeness (QED) is 0.612. The summed E-state index contributed by atoms with van der Waals surface area (Å²) in [6.07, 6.45) is 3.62. The van der Waals surface area contributed by atoms with Gasteiger partial charge in [0.15, 0.2) is 0 Å². The van der Waals surface area contributed by atoms with Gasteiger partial charge in [0.25, 0.3) is 0 Å². The molecule has 0 saturated heterocycles. The lowest BCUT2D eigenvalue weighted by Crippen LogP contribution is -2.37. The summed E-state index contributed by atoms with van der Waals surface area (Å²) in [5, 5.41) is 13.6. The van der Waals surface area contributed by atoms with Gasteiger partial charge in [-0.15, -0.1) is 0 Å². The Hall–Kier alpha value is -2.11. The van der Waals surface area contributed by atoms with E-state index in [9.17, 15) is 14.0 Å². The number of nitrogens with one attached hydrogen (secondary N) is 2. The summed E-state index contributed by atoms with van der Waals surface area (Å²) >= 11 is 0. The molecule has 0 spiro atoms. The van der Waals surface area contributed by atoms with E-state index < -0.39 is 5.97 Å². The molecule has 6 heteroatoms. The second-order valence-electron chi connectivity index (χ2n) is 4.76. The maximum atomic E-state index is 12.7. The van der Waals surface area contributed by atoms with Gasteiger partial charge in [-0.25, -0.2) is 9.18 Å². The van der Waals surface area contributed by atoms with Crippen LogP contribution in [0.5, 0.6) is 0 Å². The molecule has 0 bridgehead atoms. The first-order valence-electron chi connectivity index (χ1n) is 7.06. The number of carboxylic acids is 1. The average Bonchev–Trinajstić information content (AvgIpc) is 2.44. The molecule has 0 aliphatic carbocycles. The normalized spacial score (nSPS) is 10.1. The highest BCUT2D eigenvalue weighted by atomic mass is 19.1. The highest BCUT2D eigenvalue weighted by molar-refractivity contribution is 5.74. The zero-order valence-corrected chi connectivity index (χ0v) is 11.9. The van der Waals surface area contributed by atoms with Crippen molar-refractivity contribution in [2.24, 2.45) is 0 Å². The molecule has 0 aliphatic heterocycles. The van der Waals surface area contributed by atoms with Gasteiger partial charge in [-0.2, -0.15) is 0 Å². The standard InChI is InChI=1S/C15H21FN2O3/c16-13-7-5-12(6-8-13)4-2-1-3-10-17-15(21)18-11-9-14(19)20/h5-8H,1-4,9-11H2,(H,19,20)(H2,17,18,21). The van der Waals surface area contributed by atoms with E-state index in [-0.39, 0.29) is 24.8 Å². The molecule has 0 atom stereocenters. The smallest absolute Gasteiger partial charge is 0.314 e. The Kier molecular flexibility index (Phi) is 7.86. The first-order valence-corrected chi connectivity index (χ1v) is 7.06. The van der Waals surface area contributed by atoms with E-state index in [0.717, 1.165) is 31.2 Å². The van der Waals surface area contributed by atoms with Crippen molar-refractivity contribution in [3.63, 3.8) is 0 Å². The molecule has 0 heterocycles. The minimum Gasteiger partial charge on any atom is -0.481 e. The van der Waals surface area contributed by atoms with Gasteiger partial charge in [0, 0.05) is 13.1 Å². The number of hydrogen-bond donors (Lipinski definition) is 3. The lowest BCUT2D eigenvalue weighted by molar-refractivity contribution is -0.136. The van der Waals surface area contributed by atoms with Gasteiger partial charge in [0.05, 0.1) is 6.42 Å². The fraction of sp³-hybridized carbons (Fsp3) is 0.467. The van der Waals surface area contributed by atoms with Crippen LogP contribution in [0.4, 0.5) is 9.18 Å². The Balaban J connectivity index is 1.98. The molecule has 116 valence electrons. The number of hydrogen-bond acceptors (Lipinski definition) is 2. The van der Waals surface area contributed by atoms with Crippen molar-refractivity contribution in [2.75, 3.05) is 13.1 Å². The van der Waals surface area contributed by atoms with E-state index in [1.807, 2.05) is 0 Å². The Morgan fingerprint density at radius 1 is 1.00 bits per heavy atom. The van der Waals surface area contributed by atoms with Crippen LogP contribution in [0.2, 0.25) is 0 Å². The van der Waals surface area contributed by atoms with Gasteiger partial charge in [0.1, 0.15) is 5.82 Å². The van der Waals surface area contributed by atoms with Crippen molar-refractivity contribution in [1.29, 1.82) is 0 Å². The second-order valence-corrected chi connectivity index (χ2v) is 4.76. The van der Waals surface area contributed by atoms with Crippen molar-refractivity contribution < 1.29 is 19.1 Å². The minimum atomic E-state index is -0.934. The molecular weight excluding hydrogens is 275 g/mol. The molecule has 21 heavy (non-hydrogen) atoms. The first-order chi connectivity index (χ1) is 10.1. The molecular formula is C15H21FN2O3. The maximum absolute atomic E-state index is 12.7. The predicted molar refractivity (Wildman–Crippen MR) is 77.6 cm³/mol. The predicted octanol–water partition coefficient (Wildman–Crippen LogP) is 2.31. The Morgan fingerprint density at radius 2 is 1.67 bits per heavy atom. The molecule has 3 N–H and O–H groups in total. The molecule has 0 unspecified atom stereocenters. The molecule has 0 aliphatic rings.